The maximum Gasteiger partial charge on any atom is 0.410 e. The molecule has 2 saturated heterocycles. The summed E-state index contributed by atoms with van der Waals surface area (Å²) in [6.07, 6.45) is 6.38. The van der Waals surface area contributed by atoms with E-state index in [-0.39, 0.29) is 47.4 Å². The summed E-state index contributed by atoms with van der Waals surface area (Å²) in [5.74, 6) is 1.28. The van der Waals surface area contributed by atoms with Crippen molar-refractivity contribution in [2.45, 2.75) is 116 Å². The molecule has 0 aromatic carbocycles. The number of likely N-dealkylation sites (N-methyl/N-ethyl adjacent to an activating group) is 1. The molecule has 2 aliphatic heterocycles. The number of nitrogens with one attached hydrogen (secondary N) is 1. The lowest BCUT2D eigenvalue weighted by atomic mass is 9.64. The number of aliphatic hydroxyl groups is 1. The number of ether oxygens (including phenoxy) is 2. The highest BCUT2D eigenvalue weighted by molar-refractivity contribution is 6.09. The smallest absolute Gasteiger partial charge is 0.410 e. The Kier molecular flexibility index (Phi) is 9.26. The van der Waals surface area contributed by atoms with Crippen molar-refractivity contribution in [2.75, 3.05) is 38.1 Å². The number of nitrogens with zero attached hydrogens (tertiary/aromatic N) is 5. The third-order valence-electron chi connectivity index (χ3n) is 9.78. The van der Waals surface area contributed by atoms with Crippen LogP contribution in [0.1, 0.15) is 98.2 Å². The zero-order valence-corrected chi connectivity index (χ0v) is 27.3. The van der Waals surface area contributed by atoms with Gasteiger partial charge in [-0.1, -0.05) is 6.42 Å². The number of anilines is 1. The molecule has 4 atom stereocenters. The standard InChI is InChI=1S/C33H50N6O5/c1-21-20-38(17-18-39(21)31(42)44-32(3,4)5)26-19-27(43-22(2)24-12-10-16-37(24)6)36-30(35-26)28(34)23-11-9-15-33(29(23)41)14-8-7-13-25(33)40/h19,21-22,24,34,41H,7-18,20H2,1-6H3/t21-,22+,24+,33-/m1/s1. The highest BCUT2D eigenvalue weighted by Gasteiger charge is 2.47. The monoisotopic (exact) mass is 610 g/mol. The Bertz CT molecular complexity index is 1310. The molecular formula is C33H50N6O5. The molecule has 1 amide bonds. The molecule has 2 N–H and O–H groups in total. The molecular weight excluding hydrogens is 560 g/mol. The van der Waals surface area contributed by atoms with Crippen LogP contribution in [0, 0.1) is 10.8 Å². The normalized spacial score (nSPS) is 27.5. The summed E-state index contributed by atoms with van der Waals surface area (Å²) < 4.78 is 12.1. The van der Waals surface area contributed by atoms with Crippen LogP contribution in [0.4, 0.5) is 10.6 Å². The second-order valence-corrected chi connectivity index (χ2v) is 14.1. The fourth-order valence-electron chi connectivity index (χ4n) is 7.38. The maximum atomic E-state index is 13.1. The number of rotatable bonds is 6. The van der Waals surface area contributed by atoms with Crippen molar-refractivity contribution in [3.05, 3.63) is 23.2 Å². The lowest BCUT2D eigenvalue weighted by molar-refractivity contribution is -0.131. The largest absolute Gasteiger partial charge is 0.511 e. The topological polar surface area (TPSA) is 132 Å². The molecule has 5 rings (SSSR count). The second-order valence-electron chi connectivity index (χ2n) is 14.1. The van der Waals surface area contributed by atoms with E-state index < -0.39 is 11.0 Å². The molecule has 44 heavy (non-hydrogen) atoms. The van der Waals surface area contributed by atoms with Gasteiger partial charge in [-0.05, 0) is 93.2 Å². The van der Waals surface area contributed by atoms with Crippen LogP contribution in [-0.2, 0) is 9.53 Å². The van der Waals surface area contributed by atoms with Crippen molar-refractivity contribution in [3.8, 4) is 5.88 Å². The van der Waals surface area contributed by atoms with Gasteiger partial charge in [0.15, 0.2) is 5.82 Å². The van der Waals surface area contributed by atoms with Gasteiger partial charge in [0.1, 0.15) is 34.8 Å². The van der Waals surface area contributed by atoms with Crippen molar-refractivity contribution in [3.63, 3.8) is 0 Å². The van der Waals surface area contributed by atoms with E-state index in [9.17, 15) is 20.1 Å². The van der Waals surface area contributed by atoms with Crippen LogP contribution in [-0.4, -0.2) is 99.5 Å². The number of hydrogen-bond donors (Lipinski definition) is 2. The zero-order chi connectivity index (χ0) is 31.8. The van der Waals surface area contributed by atoms with Crippen LogP contribution in [0.5, 0.6) is 5.88 Å². The van der Waals surface area contributed by atoms with E-state index in [0.717, 1.165) is 38.6 Å². The Morgan fingerprint density at radius 3 is 2.52 bits per heavy atom. The molecule has 1 aromatic heterocycles. The molecule has 0 unspecified atom stereocenters. The highest BCUT2D eigenvalue weighted by atomic mass is 16.6. The summed E-state index contributed by atoms with van der Waals surface area (Å²) in [5.41, 5.74) is -0.963. The molecule has 1 saturated carbocycles. The number of ketones is 1. The highest BCUT2D eigenvalue weighted by Crippen LogP contribution is 2.48. The van der Waals surface area contributed by atoms with Gasteiger partial charge >= 0.3 is 6.09 Å². The first-order chi connectivity index (χ1) is 20.8. The molecule has 0 radical (unpaired) electrons. The summed E-state index contributed by atoms with van der Waals surface area (Å²) in [4.78, 5) is 41.6. The first-order valence-electron chi connectivity index (χ1n) is 16.3. The number of hydrogen-bond acceptors (Lipinski definition) is 10. The number of carbonyl (C=O) groups is 2. The molecule has 3 fully saturated rings. The second kappa shape index (κ2) is 12.7. The number of likely N-dealkylation sites (tertiary alicyclic amines) is 1. The van der Waals surface area contributed by atoms with Crippen LogP contribution in [0.3, 0.4) is 0 Å². The van der Waals surface area contributed by atoms with Crippen molar-refractivity contribution >= 4 is 23.4 Å². The summed E-state index contributed by atoms with van der Waals surface area (Å²) in [7, 11) is 2.11. The number of Topliss-reactive ketones (excluding diaryl/α,β-unsaturated/α-hetero) is 1. The summed E-state index contributed by atoms with van der Waals surface area (Å²) in [5, 5.41) is 20.7. The predicted molar refractivity (Wildman–Crippen MR) is 169 cm³/mol. The van der Waals surface area contributed by atoms with Crippen LogP contribution in [0.25, 0.3) is 0 Å². The quantitative estimate of drug-likeness (QED) is 0.413. The number of aromatic nitrogens is 2. The van der Waals surface area contributed by atoms with Gasteiger partial charge in [0.25, 0.3) is 0 Å². The minimum absolute atomic E-state index is 0.0375. The van der Waals surface area contributed by atoms with E-state index in [2.05, 4.69) is 23.8 Å². The molecule has 3 heterocycles. The minimum Gasteiger partial charge on any atom is -0.511 e. The van der Waals surface area contributed by atoms with E-state index in [4.69, 9.17) is 19.4 Å². The third-order valence-corrected chi connectivity index (χ3v) is 9.78. The van der Waals surface area contributed by atoms with E-state index in [0.29, 0.717) is 62.6 Å². The Morgan fingerprint density at radius 2 is 1.86 bits per heavy atom. The number of piperazine rings is 1. The van der Waals surface area contributed by atoms with Crippen molar-refractivity contribution in [2.24, 2.45) is 5.41 Å². The third kappa shape index (κ3) is 6.57. The average molecular weight is 611 g/mol. The molecule has 1 aromatic rings. The van der Waals surface area contributed by atoms with E-state index in [1.54, 1.807) is 4.90 Å². The fraction of sp³-hybridized carbons (Fsp3) is 0.727. The Hall–Kier alpha value is -3.21. The summed E-state index contributed by atoms with van der Waals surface area (Å²) >= 11 is 0. The van der Waals surface area contributed by atoms with Gasteiger partial charge < -0.3 is 24.4 Å². The SMILES string of the molecule is C[C@H](Oc1cc(N2CCN(C(=O)OC(C)(C)C)[C@H](C)C2)nc(C(=N)C2=C(O)[C@]3(CCCCC3=O)CCC2)n1)[C@@H]1CCCN1C. The Balaban J connectivity index is 1.45. The molecule has 2 aliphatic carbocycles. The van der Waals surface area contributed by atoms with Gasteiger partial charge in [-0.25, -0.2) is 9.78 Å². The van der Waals surface area contributed by atoms with Crippen LogP contribution in [0.15, 0.2) is 17.4 Å². The fourth-order valence-corrected chi connectivity index (χ4v) is 7.38. The van der Waals surface area contributed by atoms with Gasteiger partial charge in [-0.2, -0.15) is 4.98 Å². The lowest BCUT2D eigenvalue weighted by Gasteiger charge is -2.41. The van der Waals surface area contributed by atoms with Crippen molar-refractivity contribution < 1.29 is 24.2 Å². The van der Waals surface area contributed by atoms with Gasteiger partial charge in [0.05, 0.1) is 5.41 Å². The number of allylic oxidation sites excluding steroid dienone is 2. The number of amides is 1. The molecule has 242 valence electrons. The number of aliphatic hydroxyl groups excluding tert-OH is 1. The van der Waals surface area contributed by atoms with Gasteiger partial charge in [-0.15, -0.1) is 0 Å². The summed E-state index contributed by atoms with van der Waals surface area (Å²) in [6.45, 7) is 12.2. The first kappa shape index (κ1) is 32.2. The molecule has 11 nitrogen and oxygen atoms in total. The van der Waals surface area contributed by atoms with E-state index in [1.807, 2.05) is 33.8 Å². The van der Waals surface area contributed by atoms with Crippen LogP contribution < -0.4 is 9.64 Å². The van der Waals surface area contributed by atoms with Gasteiger partial charge in [0.2, 0.25) is 5.88 Å². The summed E-state index contributed by atoms with van der Waals surface area (Å²) in [6, 6.07) is 1.95. The van der Waals surface area contributed by atoms with E-state index >= 15 is 0 Å². The predicted octanol–water partition coefficient (Wildman–Crippen LogP) is 5.28. The Morgan fingerprint density at radius 1 is 1.11 bits per heavy atom. The van der Waals surface area contributed by atoms with Crippen molar-refractivity contribution in [1.29, 1.82) is 5.41 Å². The number of carbonyl (C=O) groups excluding carboxylic acids is 2. The molecule has 0 bridgehead atoms. The minimum atomic E-state index is -0.885. The average Bonchev–Trinajstić information content (AvgIpc) is 3.40. The molecule has 4 aliphatic rings. The maximum absolute atomic E-state index is 13.1. The van der Waals surface area contributed by atoms with Crippen LogP contribution >= 0.6 is 0 Å². The van der Waals surface area contributed by atoms with E-state index in [1.165, 1.54) is 0 Å². The Labute approximate surface area is 261 Å². The zero-order valence-electron chi connectivity index (χ0n) is 27.3. The van der Waals surface area contributed by atoms with Gasteiger partial charge in [0, 0.05) is 49.8 Å². The first-order valence-corrected chi connectivity index (χ1v) is 16.3. The van der Waals surface area contributed by atoms with Crippen LogP contribution in [0.2, 0.25) is 0 Å². The van der Waals surface area contributed by atoms with Crippen molar-refractivity contribution in [1.82, 2.24) is 19.8 Å². The molecule has 1 spiro atoms. The lowest BCUT2D eigenvalue weighted by Crippen LogP contribution is -2.55. The molecule has 11 heteroatoms. The van der Waals surface area contributed by atoms with Gasteiger partial charge in [-0.3, -0.25) is 15.1 Å².